The number of rotatable bonds is 4. The number of benzene rings is 1. The molecule has 0 radical (unpaired) electrons. The Morgan fingerprint density at radius 2 is 1.96 bits per heavy atom. The molecule has 9 heteroatoms. The van der Waals surface area contributed by atoms with Crippen molar-refractivity contribution >= 4 is 33.5 Å². The Bertz CT molecular complexity index is 766. The summed E-state index contributed by atoms with van der Waals surface area (Å²) in [7, 11) is 0. The number of amides is 1. The third-order valence-corrected chi connectivity index (χ3v) is 3.18. The fourth-order valence-corrected chi connectivity index (χ4v) is 2.07. The van der Waals surface area contributed by atoms with Crippen molar-refractivity contribution in [3.05, 3.63) is 58.3 Å². The molecule has 1 N–H and O–H groups in total. The number of nitrogens with one attached hydrogen (secondary N) is 1. The van der Waals surface area contributed by atoms with Gasteiger partial charge in [-0.1, -0.05) is 6.07 Å². The summed E-state index contributed by atoms with van der Waals surface area (Å²) in [6, 6.07) is 5.60. The molecule has 0 aliphatic carbocycles. The fourth-order valence-electron chi connectivity index (χ4n) is 1.71. The van der Waals surface area contributed by atoms with E-state index in [1.54, 1.807) is 0 Å². The number of hydrogen-bond donors (Lipinski definition) is 1. The van der Waals surface area contributed by atoms with Crippen LogP contribution in [0.3, 0.4) is 0 Å². The van der Waals surface area contributed by atoms with E-state index in [0.717, 1.165) is 18.2 Å². The maximum atomic E-state index is 12.6. The number of ether oxygens (including phenoxy) is 1. The van der Waals surface area contributed by atoms with Gasteiger partial charge in [-0.25, -0.2) is 4.79 Å². The van der Waals surface area contributed by atoms with Gasteiger partial charge in [-0.15, -0.1) is 0 Å². The van der Waals surface area contributed by atoms with E-state index < -0.39 is 30.2 Å². The summed E-state index contributed by atoms with van der Waals surface area (Å²) < 4.78 is 43.1. The van der Waals surface area contributed by atoms with E-state index in [1.807, 2.05) is 0 Å². The predicted molar refractivity (Wildman–Crippen MR) is 82.3 cm³/mol. The van der Waals surface area contributed by atoms with Gasteiger partial charge in [0, 0.05) is 22.6 Å². The van der Waals surface area contributed by atoms with Crippen molar-refractivity contribution < 1.29 is 27.5 Å². The quantitative estimate of drug-likeness (QED) is 0.792. The van der Waals surface area contributed by atoms with Gasteiger partial charge in [0.2, 0.25) is 0 Å². The number of hydrogen-bond acceptors (Lipinski definition) is 4. The maximum Gasteiger partial charge on any atom is 0.416 e. The third kappa shape index (κ3) is 5.05. The summed E-state index contributed by atoms with van der Waals surface area (Å²) in [6.07, 6.45) is -1.78. The van der Waals surface area contributed by atoms with Crippen molar-refractivity contribution in [3.8, 4) is 0 Å². The minimum atomic E-state index is -4.51. The molecule has 0 fully saturated rings. The molecule has 24 heavy (non-hydrogen) atoms. The van der Waals surface area contributed by atoms with Crippen molar-refractivity contribution in [1.29, 1.82) is 0 Å². The monoisotopic (exact) mass is 402 g/mol. The van der Waals surface area contributed by atoms with Crippen LogP contribution in [0.2, 0.25) is 0 Å². The number of alkyl halides is 3. The van der Waals surface area contributed by atoms with Crippen LogP contribution in [0, 0.1) is 0 Å². The van der Waals surface area contributed by atoms with E-state index in [9.17, 15) is 22.8 Å². The average molecular weight is 403 g/mol. The zero-order valence-corrected chi connectivity index (χ0v) is 13.5. The molecule has 2 rings (SSSR count). The van der Waals surface area contributed by atoms with Crippen molar-refractivity contribution in [3.63, 3.8) is 0 Å². The van der Waals surface area contributed by atoms with Gasteiger partial charge in [0.15, 0.2) is 6.61 Å². The van der Waals surface area contributed by atoms with Crippen molar-refractivity contribution in [2.75, 3.05) is 11.9 Å². The molecule has 0 atom stereocenters. The largest absolute Gasteiger partial charge is 0.452 e. The van der Waals surface area contributed by atoms with E-state index >= 15 is 0 Å². The Labute approximate surface area is 143 Å². The number of aromatic nitrogens is 1. The van der Waals surface area contributed by atoms with Crippen molar-refractivity contribution in [1.82, 2.24) is 4.98 Å². The Morgan fingerprint density at radius 3 is 2.62 bits per heavy atom. The molecule has 0 aliphatic rings. The highest BCUT2D eigenvalue weighted by Gasteiger charge is 2.30. The van der Waals surface area contributed by atoms with Gasteiger partial charge in [0.05, 0.1) is 11.1 Å². The van der Waals surface area contributed by atoms with Crippen LogP contribution in [-0.4, -0.2) is 23.5 Å². The summed E-state index contributed by atoms with van der Waals surface area (Å²) in [5.74, 6) is -1.53. The lowest BCUT2D eigenvalue weighted by atomic mass is 10.2. The number of carbonyl (C=O) groups excluding carboxylic acids is 2. The highest BCUT2D eigenvalue weighted by molar-refractivity contribution is 9.10. The first-order valence-electron chi connectivity index (χ1n) is 6.50. The molecule has 1 heterocycles. The lowest BCUT2D eigenvalue weighted by Crippen LogP contribution is -2.21. The third-order valence-electron chi connectivity index (χ3n) is 2.75. The van der Waals surface area contributed by atoms with Gasteiger partial charge in [-0.05, 0) is 40.2 Å². The first-order valence-corrected chi connectivity index (χ1v) is 7.30. The molecule has 5 nitrogen and oxygen atoms in total. The molecule has 0 aliphatic heterocycles. The number of halogens is 4. The minimum absolute atomic E-state index is 0.0463. The van der Waals surface area contributed by atoms with Crippen molar-refractivity contribution in [2.24, 2.45) is 0 Å². The zero-order valence-electron chi connectivity index (χ0n) is 11.9. The number of nitrogens with zero attached hydrogens (tertiary/aromatic N) is 1. The zero-order chi connectivity index (χ0) is 17.7. The number of carbonyl (C=O) groups is 2. The number of esters is 1. The maximum absolute atomic E-state index is 12.6. The first kappa shape index (κ1) is 17.9. The summed E-state index contributed by atoms with van der Waals surface area (Å²) >= 11 is 3.14. The Hall–Kier alpha value is -2.42. The Kier molecular flexibility index (Phi) is 5.55. The second kappa shape index (κ2) is 7.43. The van der Waals surface area contributed by atoms with E-state index in [-0.39, 0.29) is 11.3 Å². The molecule has 0 spiro atoms. The Morgan fingerprint density at radius 1 is 1.21 bits per heavy atom. The van der Waals surface area contributed by atoms with Crippen LogP contribution in [0.1, 0.15) is 15.9 Å². The standard InChI is InChI=1S/C15H10BrF3N2O3/c16-11-4-9(6-20-7-11)14(23)24-8-13(22)21-12-3-1-2-10(5-12)15(17,18)19/h1-7H,8H2,(H,21,22). The molecule has 0 saturated heterocycles. The van der Waals surface area contributed by atoms with E-state index in [2.05, 4.69) is 26.2 Å². The molecular formula is C15H10BrF3N2O3. The highest BCUT2D eigenvalue weighted by Crippen LogP contribution is 2.30. The number of anilines is 1. The van der Waals surface area contributed by atoms with Crippen LogP contribution >= 0.6 is 15.9 Å². The first-order chi connectivity index (χ1) is 11.3. The molecule has 0 unspecified atom stereocenters. The highest BCUT2D eigenvalue weighted by atomic mass is 79.9. The van der Waals surface area contributed by atoms with Gasteiger partial charge in [0.1, 0.15) is 0 Å². The lowest BCUT2D eigenvalue weighted by Gasteiger charge is -2.10. The average Bonchev–Trinajstić information content (AvgIpc) is 2.52. The van der Waals surface area contributed by atoms with Crippen LogP contribution in [0.4, 0.5) is 18.9 Å². The minimum Gasteiger partial charge on any atom is -0.452 e. The van der Waals surface area contributed by atoms with Crippen LogP contribution in [0.5, 0.6) is 0 Å². The van der Waals surface area contributed by atoms with Crippen LogP contribution in [0.25, 0.3) is 0 Å². The molecule has 126 valence electrons. The Balaban J connectivity index is 1.93. The van der Waals surface area contributed by atoms with Gasteiger partial charge >= 0.3 is 12.1 Å². The smallest absolute Gasteiger partial charge is 0.416 e. The molecule has 0 bridgehead atoms. The molecule has 1 aromatic carbocycles. The summed E-state index contributed by atoms with van der Waals surface area (Å²) in [5, 5.41) is 2.23. The molecular weight excluding hydrogens is 393 g/mol. The van der Waals surface area contributed by atoms with Crippen LogP contribution in [0.15, 0.2) is 47.2 Å². The SMILES string of the molecule is O=C(COC(=O)c1cncc(Br)c1)Nc1cccc(C(F)(F)F)c1. The predicted octanol–water partition coefficient (Wildman–Crippen LogP) is 3.66. The molecule has 0 saturated carbocycles. The second-order valence-electron chi connectivity index (χ2n) is 4.59. The van der Waals surface area contributed by atoms with E-state index in [1.165, 1.54) is 24.5 Å². The number of pyridine rings is 1. The molecule has 2 aromatic rings. The summed E-state index contributed by atoms with van der Waals surface area (Å²) in [5.41, 5.74) is -0.802. The second-order valence-corrected chi connectivity index (χ2v) is 5.51. The topological polar surface area (TPSA) is 68.3 Å². The van der Waals surface area contributed by atoms with E-state index in [4.69, 9.17) is 4.74 Å². The van der Waals surface area contributed by atoms with Gasteiger partial charge in [-0.3, -0.25) is 9.78 Å². The lowest BCUT2D eigenvalue weighted by molar-refractivity contribution is -0.137. The van der Waals surface area contributed by atoms with Gasteiger partial charge < -0.3 is 10.1 Å². The van der Waals surface area contributed by atoms with Crippen molar-refractivity contribution in [2.45, 2.75) is 6.18 Å². The fraction of sp³-hybridized carbons (Fsp3) is 0.133. The van der Waals surface area contributed by atoms with Gasteiger partial charge in [0.25, 0.3) is 5.91 Å². The molecule has 1 aromatic heterocycles. The van der Waals surface area contributed by atoms with E-state index in [0.29, 0.717) is 4.47 Å². The summed E-state index contributed by atoms with van der Waals surface area (Å²) in [6.45, 7) is -0.637. The van der Waals surface area contributed by atoms with Crippen LogP contribution in [-0.2, 0) is 15.7 Å². The van der Waals surface area contributed by atoms with Gasteiger partial charge in [-0.2, -0.15) is 13.2 Å². The van der Waals surface area contributed by atoms with Crippen LogP contribution < -0.4 is 5.32 Å². The summed E-state index contributed by atoms with van der Waals surface area (Å²) in [4.78, 5) is 27.2. The normalized spacial score (nSPS) is 11.0. The molecule has 1 amide bonds.